The van der Waals surface area contributed by atoms with E-state index in [1.54, 1.807) is 18.3 Å². The van der Waals surface area contributed by atoms with Gasteiger partial charge in [-0.25, -0.2) is 4.98 Å². The standard InChI is InChI=1S/C32H31N3O3/c1-32(2,18-22-12-14-26(15-13-22)38-31-24(19-33)8-6-16-34-31)35-20-25(36)21-37-30-11-4-3-9-28(30)27-10-5-7-23-17-29(23)27/h3-16,25,35-36H,17-18,20-21H2,1-2H3. The molecule has 1 unspecified atom stereocenters. The maximum Gasteiger partial charge on any atom is 0.237 e. The third-order valence-electron chi connectivity index (χ3n) is 6.62. The van der Waals surface area contributed by atoms with Crippen LogP contribution in [-0.2, 0) is 12.8 Å². The maximum absolute atomic E-state index is 10.7. The molecule has 0 fully saturated rings. The number of para-hydroxylation sites is 1. The van der Waals surface area contributed by atoms with E-state index in [1.807, 2.05) is 42.5 Å². The number of benzene rings is 3. The van der Waals surface area contributed by atoms with Crippen molar-refractivity contribution >= 4 is 0 Å². The molecule has 1 aromatic heterocycles. The molecule has 0 bridgehead atoms. The fraction of sp³-hybridized carbons (Fsp3) is 0.250. The zero-order valence-electron chi connectivity index (χ0n) is 21.6. The Morgan fingerprint density at radius 3 is 2.61 bits per heavy atom. The number of aliphatic hydroxyl groups is 1. The predicted molar refractivity (Wildman–Crippen MR) is 147 cm³/mol. The van der Waals surface area contributed by atoms with Crippen molar-refractivity contribution in [3.8, 4) is 34.6 Å². The molecular weight excluding hydrogens is 474 g/mol. The summed E-state index contributed by atoms with van der Waals surface area (Å²) in [5, 5.41) is 23.3. The molecule has 1 aliphatic rings. The summed E-state index contributed by atoms with van der Waals surface area (Å²) in [5.74, 6) is 1.71. The van der Waals surface area contributed by atoms with Crippen LogP contribution in [0.1, 0.15) is 36.1 Å². The average Bonchev–Trinajstić information content (AvgIpc) is 3.73. The molecule has 4 aromatic rings. The number of hydrogen-bond acceptors (Lipinski definition) is 6. The van der Waals surface area contributed by atoms with Gasteiger partial charge < -0.3 is 19.9 Å². The van der Waals surface area contributed by atoms with Gasteiger partial charge in [-0.1, -0.05) is 48.5 Å². The summed E-state index contributed by atoms with van der Waals surface area (Å²) >= 11 is 0. The van der Waals surface area contributed by atoms with Gasteiger partial charge >= 0.3 is 0 Å². The molecular formula is C32H31N3O3. The Morgan fingerprint density at radius 2 is 1.79 bits per heavy atom. The predicted octanol–water partition coefficient (Wildman–Crippen LogP) is 5.67. The van der Waals surface area contributed by atoms with E-state index in [1.165, 1.54) is 16.7 Å². The lowest BCUT2D eigenvalue weighted by Gasteiger charge is -2.28. The molecule has 6 heteroatoms. The van der Waals surface area contributed by atoms with Crippen molar-refractivity contribution in [3.05, 3.63) is 107 Å². The lowest BCUT2D eigenvalue weighted by Crippen LogP contribution is -2.46. The normalized spacial score (nSPS) is 12.8. The zero-order valence-corrected chi connectivity index (χ0v) is 21.6. The molecule has 0 radical (unpaired) electrons. The Labute approximate surface area is 223 Å². The van der Waals surface area contributed by atoms with E-state index >= 15 is 0 Å². The number of β-amino-alcohol motifs (C(OH)–C–C–N with tert-alkyl or cyclic N) is 1. The first-order valence-electron chi connectivity index (χ1n) is 12.8. The van der Waals surface area contributed by atoms with E-state index in [2.05, 4.69) is 54.5 Å². The first-order valence-corrected chi connectivity index (χ1v) is 12.8. The molecule has 3 aromatic carbocycles. The van der Waals surface area contributed by atoms with Gasteiger partial charge in [-0.05, 0) is 79.3 Å². The number of nitriles is 1. The minimum atomic E-state index is -0.651. The van der Waals surface area contributed by atoms with Gasteiger partial charge in [-0.3, -0.25) is 0 Å². The van der Waals surface area contributed by atoms with Gasteiger partial charge in [-0.2, -0.15) is 5.26 Å². The van der Waals surface area contributed by atoms with Gasteiger partial charge in [-0.15, -0.1) is 0 Å². The monoisotopic (exact) mass is 505 g/mol. The van der Waals surface area contributed by atoms with E-state index in [0.717, 1.165) is 29.7 Å². The van der Waals surface area contributed by atoms with Gasteiger partial charge in [0, 0.05) is 23.8 Å². The molecule has 192 valence electrons. The molecule has 0 aliphatic heterocycles. The highest BCUT2D eigenvalue weighted by Gasteiger charge is 2.23. The largest absolute Gasteiger partial charge is 0.490 e. The summed E-state index contributed by atoms with van der Waals surface area (Å²) in [4.78, 5) is 4.14. The van der Waals surface area contributed by atoms with Gasteiger partial charge in [0.2, 0.25) is 5.88 Å². The topological polar surface area (TPSA) is 87.4 Å². The molecule has 38 heavy (non-hydrogen) atoms. The first kappa shape index (κ1) is 25.5. The van der Waals surface area contributed by atoms with Crippen LogP contribution in [0.4, 0.5) is 0 Å². The summed E-state index contributed by atoms with van der Waals surface area (Å²) in [6.07, 6.45) is 2.75. The highest BCUT2D eigenvalue weighted by molar-refractivity contribution is 5.78. The molecule has 0 saturated carbocycles. The third kappa shape index (κ3) is 6.20. The molecule has 1 heterocycles. The molecule has 1 aliphatic carbocycles. The van der Waals surface area contributed by atoms with E-state index in [9.17, 15) is 10.4 Å². The number of aromatic nitrogens is 1. The summed E-state index contributed by atoms with van der Waals surface area (Å²) in [6, 6.07) is 27.6. The average molecular weight is 506 g/mol. The Kier molecular flexibility index (Phi) is 7.41. The summed E-state index contributed by atoms with van der Waals surface area (Å²) in [5.41, 5.74) is 6.34. The minimum Gasteiger partial charge on any atom is -0.490 e. The van der Waals surface area contributed by atoms with Crippen LogP contribution in [0.15, 0.2) is 85.1 Å². The van der Waals surface area contributed by atoms with Crippen LogP contribution in [0.2, 0.25) is 0 Å². The zero-order chi connectivity index (χ0) is 26.5. The second-order valence-electron chi connectivity index (χ2n) is 10.2. The van der Waals surface area contributed by atoms with Crippen LogP contribution in [0.5, 0.6) is 17.4 Å². The smallest absolute Gasteiger partial charge is 0.237 e. The van der Waals surface area contributed by atoms with E-state index in [0.29, 0.717) is 23.7 Å². The number of nitrogens with zero attached hydrogens (tertiary/aromatic N) is 2. The van der Waals surface area contributed by atoms with Crippen LogP contribution < -0.4 is 14.8 Å². The van der Waals surface area contributed by atoms with E-state index < -0.39 is 6.10 Å². The number of ether oxygens (including phenoxy) is 2. The summed E-state index contributed by atoms with van der Waals surface area (Å²) in [7, 11) is 0. The highest BCUT2D eigenvalue weighted by Crippen LogP contribution is 2.41. The van der Waals surface area contributed by atoms with Crippen LogP contribution in [0, 0.1) is 11.3 Å². The highest BCUT2D eigenvalue weighted by atomic mass is 16.5. The van der Waals surface area contributed by atoms with Crippen LogP contribution in [0.3, 0.4) is 0 Å². The van der Waals surface area contributed by atoms with E-state index in [-0.39, 0.29) is 12.1 Å². The summed E-state index contributed by atoms with van der Waals surface area (Å²) < 4.78 is 11.8. The number of hydrogen-bond donors (Lipinski definition) is 2. The second-order valence-corrected chi connectivity index (χ2v) is 10.2. The van der Waals surface area contributed by atoms with Gasteiger partial charge in [0.1, 0.15) is 35.8 Å². The number of rotatable bonds is 11. The summed E-state index contributed by atoms with van der Waals surface area (Å²) in [6.45, 7) is 4.84. The third-order valence-corrected chi connectivity index (χ3v) is 6.62. The number of pyridine rings is 1. The van der Waals surface area contributed by atoms with Crippen molar-refractivity contribution in [2.45, 2.75) is 38.3 Å². The quantitative estimate of drug-likeness (QED) is 0.241. The molecule has 0 saturated heterocycles. The second kappa shape index (κ2) is 11.1. The van der Waals surface area contributed by atoms with Crippen molar-refractivity contribution in [1.29, 1.82) is 5.26 Å². The SMILES string of the molecule is CC(C)(Cc1ccc(Oc2ncccc2C#N)cc1)NCC(O)COc1ccccc1-c1cccc2c1C2. The molecule has 6 nitrogen and oxygen atoms in total. The van der Waals surface area contributed by atoms with Gasteiger partial charge in [0.05, 0.1) is 0 Å². The van der Waals surface area contributed by atoms with Gasteiger partial charge in [0.15, 0.2) is 0 Å². The number of aliphatic hydroxyl groups excluding tert-OH is 1. The van der Waals surface area contributed by atoms with Crippen LogP contribution in [-0.4, -0.2) is 34.9 Å². The van der Waals surface area contributed by atoms with Crippen molar-refractivity contribution < 1.29 is 14.6 Å². The Hall–Kier alpha value is -4.18. The Morgan fingerprint density at radius 1 is 1.00 bits per heavy atom. The Balaban J connectivity index is 1.12. The van der Waals surface area contributed by atoms with Crippen molar-refractivity contribution in [2.24, 2.45) is 0 Å². The number of nitrogens with one attached hydrogen (secondary N) is 1. The lowest BCUT2D eigenvalue weighted by molar-refractivity contribution is 0.0991. The molecule has 1 atom stereocenters. The van der Waals surface area contributed by atoms with Crippen molar-refractivity contribution in [2.75, 3.05) is 13.2 Å². The molecule has 0 spiro atoms. The van der Waals surface area contributed by atoms with Crippen LogP contribution >= 0.6 is 0 Å². The molecule has 5 rings (SSSR count). The minimum absolute atomic E-state index is 0.208. The fourth-order valence-corrected chi connectivity index (χ4v) is 4.56. The van der Waals surface area contributed by atoms with Crippen LogP contribution in [0.25, 0.3) is 11.1 Å². The maximum atomic E-state index is 10.7. The van der Waals surface area contributed by atoms with Crippen molar-refractivity contribution in [3.63, 3.8) is 0 Å². The van der Waals surface area contributed by atoms with Crippen molar-refractivity contribution in [1.82, 2.24) is 10.3 Å². The first-order chi connectivity index (χ1) is 18.4. The van der Waals surface area contributed by atoms with E-state index in [4.69, 9.17) is 9.47 Å². The molecule has 2 N–H and O–H groups in total. The fourth-order valence-electron chi connectivity index (χ4n) is 4.56. The molecule has 0 amide bonds. The Bertz CT molecular complexity index is 1460. The lowest BCUT2D eigenvalue weighted by atomic mass is 9.94. The number of fused-ring (bicyclic) bond motifs is 1. The van der Waals surface area contributed by atoms with Gasteiger partial charge in [0.25, 0.3) is 0 Å².